The highest BCUT2D eigenvalue weighted by atomic mass is 16.5. The van der Waals surface area contributed by atoms with Crippen LogP contribution in [0.2, 0.25) is 0 Å². The first-order chi connectivity index (χ1) is 9.19. The van der Waals surface area contributed by atoms with Gasteiger partial charge in [-0.25, -0.2) is 0 Å². The lowest BCUT2D eigenvalue weighted by Crippen LogP contribution is -2.28. The predicted octanol–water partition coefficient (Wildman–Crippen LogP) is 2.53. The molecule has 2 aromatic rings. The molecule has 0 radical (unpaired) electrons. The van der Waals surface area contributed by atoms with Gasteiger partial charge in [-0.2, -0.15) is 5.10 Å². The molecule has 0 bridgehead atoms. The third kappa shape index (κ3) is 3.94. The molecule has 5 heteroatoms. The van der Waals surface area contributed by atoms with E-state index in [1.807, 2.05) is 25.1 Å². The Morgan fingerprint density at radius 3 is 2.95 bits per heavy atom. The predicted molar refractivity (Wildman–Crippen MR) is 73.7 cm³/mol. The Hall–Kier alpha value is -1.59. The van der Waals surface area contributed by atoms with Gasteiger partial charge in [0, 0.05) is 19.3 Å². The second kappa shape index (κ2) is 6.54. The average Bonchev–Trinajstić information content (AvgIpc) is 2.98. The molecule has 0 aliphatic carbocycles. The first-order valence-electron chi connectivity index (χ1n) is 6.57. The van der Waals surface area contributed by atoms with E-state index in [0.29, 0.717) is 0 Å². The van der Waals surface area contributed by atoms with E-state index in [9.17, 15) is 0 Å². The minimum atomic E-state index is 0.233. The van der Waals surface area contributed by atoms with Crippen LogP contribution >= 0.6 is 0 Å². The highest BCUT2D eigenvalue weighted by Crippen LogP contribution is 2.20. The van der Waals surface area contributed by atoms with E-state index in [1.165, 1.54) is 0 Å². The molecule has 2 aromatic heterocycles. The summed E-state index contributed by atoms with van der Waals surface area (Å²) in [6.07, 6.45) is 1.95. The monoisotopic (exact) mass is 263 g/mol. The number of furan rings is 1. The molecule has 2 heterocycles. The van der Waals surface area contributed by atoms with E-state index in [-0.39, 0.29) is 6.10 Å². The summed E-state index contributed by atoms with van der Waals surface area (Å²) in [6, 6.07) is 5.85. The van der Waals surface area contributed by atoms with Gasteiger partial charge in [-0.3, -0.25) is 10.00 Å². The van der Waals surface area contributed by atoms with Crippen LogP contribution in [0.5, 0.6) is 0 Å². The number of H-pyrrole nitrogens is 1. The summed E-state index contributed by atoms with van der Waals surface area (Å²) in [5.41, 5.74) is 0.900. The fourth-order valence-electron chi connectivity index (χ4n) is 2.11. The first-order valence-corrected chi connectivity index (χ1v) is 6.57. The topological polar surface area (TPSA) is 54.3 Å². The normalized spacial score (nSPS) is 13.1. The van der Waals surface area contributed by atoms with Crippen LogP contribution in [0.1, 0.15) is 19.6 Å². The van der Waals surface area contributed by atoms with Gasteiger partial charge in [0.05, 0.1) is 12.6 Å². The molecule has 1 atom stereocenters. The number of nitrogens with one attached hydrogen (secondary N) is 1. The van der Waals surface area contributed by atoms with Crippen molar-refractivity contribution in [3.63, 3.8) is 0 Å². The number of rotatable bonds is 7. The average molecular weight is 263 g/mol. The fourth-order valence-corrected chi connectivity index (χ4v) is 2.11. The van der Waals surface area contributed by atoms with E-state index in [4.69, 9.17) is 9.15 Å². The second-order valence-corrected chi connectivity index (χ2v) is 4.70. The molecule has 1 N–H and O–H groups in total. The summed E-state index contributed by atoms with van der Waals surface area (Å²) in [7, 11) is 2.06. The van der Waals surface area contributed by atoms with Crippen LogP contribution in [0.4, 0.5) is 0 Å². The highest BCUT2D eigenvalue weighted by Gasteiger charge is 2.10. The van der Waals surface area contributed by atoms with Gasteiger partial charge < -0.3 is 9.15 Å². The second-order valence-electron chi connectivity index (χ2n) is 4.70. The van der Waals surface area contributed by atoms with Gasteiger partial charge in [-0.1, -0.05) is 0 Å². The van der Waals surface area contributed by atoms with Gasteiger partial charge in [-0.15, -0.1) is 0 Å². The zero-order valence-electron chi connectivity index (χ0n) is 11.7. The Balaban J connectivity index is 1.89. The molecule has 19 heavy (non-hydrogen) atoms. The van der Waals surface area contributed by atoms with Gasteiger partial charge in [-0.05, 0) is 39.1 Å². The van der Waals surface area contributed by atoms with E-state index < -0.39 is 0 Å². The van der Waals surface area contributed by atoms with Crippen LogP contribution in [0, 0.1) is 0 Å². The zero-order chi connectivity index (χ0) is 13.7. The standard InChI is InChI=1S/C14H21N3O2/c1-4-18-11(2)9-17(3)10-12-5-6-14(19-12)13-7-8-15-16-13/h5-8,11H,4,9-10H2,1-3H3,(H,15,16). The van der Waals surface area contributed by atoms with Crippen molar-refractivity contribution in [2.24, 2.45) is 0 Å². The van der Waals surface area contributed by atoms with Gasteiger partial charge >= 0.3 is 0 Å². The third-order valence-corrected chi connectivity index (χ3v) is 2.87. The number of aromatic amines is 1. The Labute approximate surface area is 113 Å². The van der Waals surface area contributed by atoms with Crippen LogP contribution in [0.15, 0.2) is 28.8 Å². The molecule has 0 amide bonds. The fraction of sp³-hybridized carbons (Fsp3) is 0.500. The van der Waals surface area contributed by atoms with Crippen molar-refractivity contribution < 1.29 is 9.15 Å². The van der Waals surface area contributed by atoms with Crippen LogP contribution in [0.3, 0.4) is 0 Å². The smallest absolute Gasteiger partial charge is 0.152 e. The molecule has 0 aromatic carbocycles. The van der Waals surface area contributed by atoms with Crippen LogP contribution < -0.4 is 0 Å². The highest BCUT2D eigenvalue weighted by molar-refractivity contribution is 5.51. The molecule has 0 saturated heterocycles. The number of aromatic nitrogens is 2. The van der Waals surface area contributed by atoms with Crippen molar-refractivity contribution >= 4 is 0 Å². The van der Waals surface area contributed by atoms with Crippen molar-refractivity contribution in [3.05, 3.63) is 30.2 Å². The van der Waals surface area contributed by atoms with Crippen molar-refractivity contribution in [1.82, 2.24) is 15.1 Å². The van der Waals surface area contributed by atoms with Gasteiger partial charge in [0.2, 0.25) is 0 Å². The Morgan fingerprint density at radius 1 is 1.42 bits per heavy atom. The van der Waals surface area contributed by atoms with Crippen LogP contribution in [-0.2, 0) is 11.3 Å². The number of nitrogens with zero attached hydrogens (tertiary/aromatic N) is 2. The Kier molecular flexibility index (Phi) is 4.76. The first kappa shape index (κ1) is 13.8. The van der Waals surface area contributed by atoms with E-state index >= 15 is 0 Å². The van der Waals surface area contributed by atoms with E-state index in [1.54, 1.807) is 6.20 Å². The largest absolute Gasteiger partial charge is 0.458 e. The number of hydrogen-bond donors (Lipinski definition) is 1. The quantitative estimate of drug-likeness (QED) is 0.834. The summed E-state index contributed by atoms with van der Waals surface area (Å²) in [5.74, 6) is 1.76. The number of hydrogen-bond acceptors (Lipinski definition) is 4. The molecule has 2 rings (SSSR count). The van der Waals surface area contributed by atoms with Crippen molar-refractivity contribution in [3.8, 4) is 11.5 Å². The molecule has 0 saturated carbocycles. The van der Waals surface area contributed by atoms with Gasteiger partial charge in [0.15, 0.2) is 5.76 Å². The molecular formula is C14H21N3O2. The lowest BCUT2D eigenvalue weighted by Gasteiger charge is -2.20. The van der Waals surface area contributed by atoms with Crippen molar-refractivity contribution in [1.29, 1.82) is 0 Å². The van der Waals surface area contributed by atoms with Crippen LogP contribution in [-0.4, -0.2) is 41.4 Å². The summed E-state index contributed by atoms with van der Waals surface area (Å²) >= 11 is 0. The zero-order valence-corrected chi connectivity index (χ0v) is 11.7. The van der Waals surface area contributed by atoms with Gasteiger partial charge in [0.25, 0.3) is 0 Å². The van der Waals surface area contributed by atoms with E-state index in [2.05, 4.69) is 29.1 Å². The Bertz CT molecular complexity index is 479. The molecule has 0 aliphatic rings. The van der Waals surface area contributed by atoms with Crippen LogP contribution in [0.25, 0.3) is 11.5 Å². The molecule has 1 unspecified atom stereocenters. The molecule has 0 spiro atoms. The molecular weight excluding hydrogens is 242 g/mol. The van der Waals surface area contributed by atoms with E-state index in [0.717, 1.165) is 36.9 Å². The van der Waals surface area contributed by atoms with Crippen molar-refractivity contribution in [2.45, 2.75) is 26.5 Å². The molecule has 5 nitrogen and oxygen atoms in total. The minimum Gasteiger partial charge on any atom is -0.458 e. The van der Waals surface area contributed by atoms with Gasteiger partial charge in [0.1, 0.15) is 11.5 Å². The number of likely N-dealkylation sites (N-methyl/N-ethyl adjacent to an activating group) is 1. The third-order valence-electron chi connectivity index (χ3n) is 2.87. The lowest BCUT2D eigenvalue weighted by atomic mass is 10.3. The molecule has 104 valence electrons. The molecule has 0 fully saturated rings. The molecule has 0 aliphatic heterocycles. The Morgan fingerprint density at radius 2 is 2.26 bits per heavy atom. The lowest BCUT2D eigenvalue weighted by molar-refractivity contribution is 0.0491. The summed E-state index contributed by atoms with van der Waals surface area (Å²) in [5, 5.41) is 6.81. The minimum absolute atomic E-state index is 0.233. The maximum atomic E-state index is 5.79. The summed E-state index contributed by atoms with van der Waals surface area (Å²) in [6.45, 7) is 6.50. The number of ether oxygens (including phenoxy) is 1. The maximum absolute atomic E-state index is 5.79. The van der Waals surface area contributed by atoms with Crippen molar-refractivity contribution in [2.75, 3.05) is 20.2 Å². The SMILES string of the molecule is CCOC(C)CN(C)Cc1ccc(-c2ccn[nH]2)o1. The maximum Gasteiger partial charge on any atom is 0.152 e. The summed E-state index contributed by atoms with van der Waals surface area (Å²) < 4.78 is 11.3. The summed E-state index contributed by atoms with van der Waals surface area (Å²) in [4.78, 5) is 2.19.